The molecule has 0 fully saturated rings. The number of nitrogens with zero attached hydrogens (tertiary/aromatic N) is 2. The molecular formula is C20H22N4O3. The van der Waals surface area contributed by atoms with Crippen LogP contribution in [0, 0.1) is 6.92 Å². The molecule has 0 unspecified atom stereocenters. The van der Waals surface area contributed by atoms with Crippen LogP contribution in [0.2, 0.25) is 0 Å². The third-order valence-corrected chi connectivity index (χ3v) is 4.06. The molecule has 0 saturated heterocycles. The molecule has 140 valence electrons. The minimum atomic E-state index is -0.342. The van der Waals surface area contributed by atoms with Crippen molar-refractivity contribution in [3.8, 4) is 5.75 Å². The molecule has 2 N–H and O–H groups in total. The van der Waals surface area contributed by atoms with Gasteiger partial charge < -0.3 is 19.9 Å². The zero-order valence-electron chi connectivity index (χ0n) is 15.1. The molecule has 0 aliphatic rings. The number of aryl methyl sites for hydroxylation is 1. The number of rotatable bonds is 8. The second-order valence-corrected chi connectivity index (χ2v) is 6.03. The van der Waals surface area contributed by atoms with Crippen molar-refractivity contribution < 1.29 is 14.3 Å². The molecule has 3 rings (SSSR count). The number of carbonyl (C=O) groups is 2. The minimum Gasteiger partial charge on any atom is -0.484 e. The van der Waals surface area contributed by atoms with E-state index in [1.165, 1.54) is 0 Å². The Labute approximate surface area is 157 Å². The van der Waals surface area contributed by atoms with Crippen LogP contribution in [0.4, 0.5) is 0 Å². The van der Waals surface area contributed by atoms with Gasteiger partial charge in [0.25, 0.3) is 5.91 Å². The fourth-order valence-electron chi connectivity index (χ4n) is 2.74. The highest BCUT2D eigenvalue weighted by Crippen LogP contribution is 2.14. The van der Waals surface area contributed by atoms with E-state index in [0.717, 1.165) is 16.9 Å². The summed E-state index contributed by atoms with van der Waals surface area (Å²) in [7, 11) is 0. The molecule has 0 saturated carbocycles. The molecule has 1 heterocycles. The van der Waals surface area contributed by atoms with Crippen LogP contribution in [-0.4, -0.2) is 41.1 Å². The van der Waals surface area contributed by atoms with E-state index in [2.05, 4.69) is 20.2 Å². The van der Waals surface area contributed by atoms with E-state index in [-0.39, 0.29) is 25.0 Å². The van der Waals surface area contributed by atoms with Gasteiger partial charge in [0.05, 0.1) is 17.6 Å². The minimum absolute atomic E-state index is 0.0827. The zero-order chi connectivity index (χ0) is 19.1. The molecule has 2 amide bonds. The maximum Gasteiger partial charge on any atom is 0.258 e. The topological polar surface area (TPSA) is 85.3 Å². The summed E-state index contributed by atoms with van der Waals surface area (Å²) >= 11 is 0. The van der Waals surface area contributed by atoms with E-state index in [1.54, 1.807) is 12.1 Å². The summed E-state index contributed by atoms with van der Waals surface area (Å²) < 4.78 is 7.39. The van der Waals surface area contributed by atoms with E-state index >= 15 is 0 Å². The van der Waals surface area contributed by atoms with E-state index < -0.39 is 0 Å². The first kappa shape index (κ1) is 18.4. The van der Waals surface area contributed by atoms with Gasteiger partial charge in [-0.05, 0) is 31.2 Å². The van der Waals surface area contributed by atoms with Crippen LogP contribution < -0.4 is 15.4 Å². The summed E-state index contributed by atoms with van der Waals surface area (Å²) in [4.78, 5) is 28.1. The number of benzene rings is 2. The molecule has 1 aromatic heterocycles. The van der Waals surface area contributed by atoms with Gasteiger partial charge >= 0.3 is 0 Å². The number of para-hydroxylation sites is 3. The molecule has 0 spiro atoms. The predicted molar refractivity (Wildman–Crippen MR) is 102 cm³/mol. The fraction of sp³-hybridized carbons (Fsp3) is 0.250. The number of nitrogens with one attached hydrogen (secondary N) is 2. The van der Waals surface area contributed by atoms with Crippen molar-refractivity contribution >= 4 is 22.8 Å². The molecule has 7 heteroatoms. The number of aromatic nitrogens is 2. The van der Waals surface area contributed by atoms with Gasteiger partial charge in [0.15, 0.2) is 6.61 Å². The Kier molecular flexibility index (Phi) is 6.04. The number of ether oxygens (including phenoxy) is 1. The highest BCUT2D eigenvalue weighted by Gasteiger charge is 2.08. The van der Waals surface area contributed by atoms with Crippen LogP contribution in [0.1, 0.15) is 5.82 Å². The molecule has 0 radical (unpaired) electrons. The van der Waals surface area contributed by atoms with Crippen molar-refractivity contribution in [3.63, 3.8) is 0 Å². The first-order valence-electron chi connectivity index (χ1n) is 8.76. The van der Waals surface area contributed by atoms with Gasteiger partial charge in [-0.25, -0.2) is 4.98 Å². The predicted octanol–water partition coefficient (Wildman–Crippen LogP) is 1.66. The van der Waals surface area contributed by atoms with Gasteiger partial charge in [0.2, 0.25) is 5.91 Å². The van der Waals surface area contributed by atoms with Crippen LogP contribution in [0.3, 0.4) is 0 Å². The van der Waals surface area contributed by atoms with Crippen molar-refractivity contribution in [3.05, 3.63) is 60.4 Å². The van der Waals surface area contributed by atoms with E-state index in [0.29, 0.717) is 18.8 Å². The lowest BCUT2D eigenvalue weighted by Crippen LogP contribution is -2.39. The van der Waals surface area contributed by atoms with Crippen LogP contribution in [0.25, 0.3) is 11.0 Å². The highest BCUT2D eigenvalue weighted by atomic mass is 16.5. The van der Waals surface area contributed by atoms with Gasteiger partial charge in [0.1, 0.15) is 11.6 Å². The Morgan fingerprint density at radius 3 is 2.56 bits per heavy atom. The lowest BCUT2D eigenvalue weighted by molar-refractivity contribution is -0.127. The van der Waals surface area contributed by atoms with Crippen molar-refractivity contribution in [1.82, 2.24) is 20.2 Å². The van der Waals surface area contributed by atoms with Crippen LogP contribution in [-0.2, 0) is 16.1 Å². The number of imidazole rings is 1. The van der Waals surface area contributed by atoms with Crippen molar-refractivity contribution in [1.29, 1.82) is 0 Å². The summed E-state index contributed by atoms with van der Waals surface area (Å²) in [5, 5.41) is 5.34. The van der Waals surface area contributed by atoms with Crippen molar-refractivity contribution in [2.45, 2.75) is 13.5 Å². The lowest BCUT2D eigenvalue weighted by atomic mass is 10.3. The normalized spacial score (nSPS) is 10.6. The molecule has 0 bridgehead atoms. The van der Waals surface area contributed by atoms with Gasteiger partial charge in [-0.2, -0.15) is 0 Å². The number of carbonyl (C=O) groups excluding carboxylic acids is 2. The molecule has 0 atom stereocenters. The number of fused-ring (bicyclic) bond motifs is 1. The molecule has 0 aliphatic heterocycles. The van der Waals surface area contributed by atoms with Gasteiger partial charge in [0, 0.05) is 13.1 Å². The average molecular weight is 366 g/mol. The van der Waals surface area contributed by atoms with Gasteiger partial charge in [-0.15, -0.1) is 0 Å². The number of hydrogen-bond acceptors (Lipinski definition) is 4. The Bertz CT molecular complexity index is 921. The smallest absolute Gasteiger partial charge is 0.258 e. The second kappa shape index (κ2) is 8.84. The molecule has 2 aromatic carbocycles. The number of hydrogen-bond donors (Lipinski definition) is 2. The maximum absolute atomic E-state index is 11.9. The Morgan fingerprint density at radius 2 is 1.74 bits per heavy atom. The van der Waals surface area contributed by atoms with Gasteiger partial charge in [-0.3, -0.25) is 9.59 Å². The average Bonchev–Trinajstić information content (AvgIpc) is 3.01. The monoisotopic (exact) mass is 366 g/mol. The van der Waals surface area contributed by atoms with Crippen LogP contribution in [0.15, 0.2) is 54.6 Å². The quantitative estimate of drug-likeness (QED) is 0.635. The molecular weight excluding hydrogens is 344 g/mol. The van der Waals surface area contributed by atoms with Crippen molar-refractivity contribution in [2.75, 3.05) is 19.7 Å². The highest BCUT2D eigenvalue weighted by molar-refractivity contribution is 5.85. The van der Waals surface area contributed by atoms with E-state index in [9.17, 15) is 9.59 Å². The van der Waals surface area contributed by atoms with E-state index in [1.807, 2.05) is 49.4 Å². The summed E-state index contributed by atoms with van der Waals surface area (Å²) in [6.45, 7) is 2.80. The lowest BCUT2D eigenvalue weighted by Gasteiger charge is -2.10. The first-order chi connectivity index (χ1) is 13.1. The van der Waals surface area contributed by atoms with Crippen LogP contribution in [0.5, 0.6) is 5.75 Å². The Morgan fingerprint density at radius 1 is 1.00 bits per heavy atom. The third kappa shape index (κ3) is 5.07. The number of amides is 2. The Hall–Kier alpha value is -3.35. The van der Waals surface area contributed by atoms with Crippen molar-refractivity contribution in [2.24, 2.45) is 0 Å². The second-order valence-electron chi connectivity index (χ2n) is 6.03. The summed E-state index contributed by atoms with van der Waals surface area (Å²) in [5.74, 6) is 0.924. The molecule has 27 heavy (non-hydrogen) atoms. The zero-order valence-corrected chi connectivity index (χ0v) is 15.1. The fourth-order valence-corrected chi connectivity index (χ4v) is 2.74. The Balaban J connectivity index is 1.38. The van der Waals surface area contributed by atoms with Crippen LogP contribution >= 0.6 is 0 Å². The third-order valence-electron chi connectivity index (χ3n) is 4.06. The summed E-state index contributed by atoms with van der Waals surface area (Å²) in [6, 6.07) is 16.9. The summed E-state index contributed by atoms with van der Waals surface area (Å²) in [6.07, 6.45) is 0. The molecule has 3 aromatic rings. The largest absolute Gasteiger partial charge is 0.484 e. The standard InChI is InChI=1S/C20H22N4O3/c1-15-23-17-9-5-6-10-18(17)24(15)12-11-21-19(25)13-22-20(26)14-27-16-7-3-2-4-8-16/h2-10H,11-14H2,1H3,(H,21,25)(H,22,26). The first-order valence-corrected chi connectivity index (χ1v) is 8.76. The SMILES string of the molecule is Cc1nc2ccccc2n1CCNC(=O)CNC(=O)COc1ccccc1. The van der Waals surface area contributed by atoms with E-state index in [4.69, 9.17) is 4.74 Å². The maximum atomic E-state index is 11.9. The van der Waals surface area contributed by atoms with Gasteiger partial charge in [-0.1, -0.05) is 30.3 Å². The molecule has 7 nitrogen and oxygen atoms in total. The summed E-state index contributed by atoms with van der Waals surface area (Å²) in [5.41, 5.74) is 1.97. The molecule has 0 aliphatic carbocycles.